The third-order valence-electron chi connectivity index (χ3n) is 2.42. The van der Waals surface area contributed by atoms with E-state index in [0.717, 1.165) is 19.4 Å². The first-order valence-corrected chi connectivity index (χ1v) is 5.35. The van der Waals surface area contributed by atoms with Gasteiger partial charge in [-0.2, -0.15) is 0 Å². The number of nitrogens with zero attached hydrogens (tertiary/aromatic N) is 1. The van der Waals surface area contributed by atoms with Crippen molar-refractivity contribution in [3.8, 4) is 0 Å². The normalized spacial score (nSPS) is 11.1. The Morgan fingerprint density at radius 1 is 1.27 bits per heavy atom. The molecule has 0 saturated heterocycles. The van der Waals surface area contributed by atoms with E-state index in [1.807, 2.05) is 32.0 Å². The second-order valence-corrected chi connectivity index (χ2v) is 4.46. The number of hydrogen-bond acceptors (Lipinski definition) is 2. The van der Waals surface area contributed by atoms with Crippen LogP contribution in [-0.2, 0) is 4.79 Å². The van der Waals surface area contributed by atoms with Crippen LogP contribution in [0.25, 0.3) is 0 Å². The van der Waals surface area contributed by atoms with Crippen LogP contribution in [0.3, 0.4) is 0 Å². The van der Waals surface area contributed by atoms with E-state index in [1.54, 1.807) is 0 Å². The van der Waals surface area contributed by atoms with Crippen LogP contribution < -0.4 is 4.90 Å². The van der Waals surface area contributed by atoms with Crippen LogP contribution in [0.15, 0.2) is 30.3 Å². The fourth-order valence-corrected chi connectivity index (χ4v) is 1.55. The predicted octanol–water partition coefficient (Wildman–Crippen LogP) is 2.74. The minimum absolute atomic E-state index is 0.286. The first-order valence-electron chi connectivity index (χ1n) is 5.35. The number of benzene rings is 1. The summed E-state index contributed by atoms with van der Waals surface area (Å²) in [7, 11) is 0. The SMILES string of the molecule is CCN(CC(C)(C)C=O)c1ccccc1. The lowest BCUT2D eigenvalue weighted by molar-refractivity contribution is -0.114. The third kappa shape index (κ3) is 3.39. The smallest absolute Gasteiger partial charge is 0.127 e. The van der Waals surface area contributed by atoms with E-state index < -0.39 is 0 Å². The summed E-state index contributed by atoms with van der Waals surface area (Å²) in [5.41, 5.74) is 0.890. The summed E-state index contributed by atoms with van der Waals surface area (Å²) in [6.45, 7) is 7.71. The summed E-state index contributed by atoms with van der Waals surface area (Å²) in [6.07, 6.45) is 1.03. The molecule has 0 aliphatic carbocycles. The molecule has 82 valence electrons. The van der Waals surface area contributed by atoms with Gasteiger partial charge < -0.3 is 9.69 Å². The summed E-state index contributed by atoms with van der Waals surface area (Å²) >= 11 is 0. The highest BCUT2D eigenvalue weighted by atomic mass is 16.1. The van der Waals surface area contributed by atoms with Crippen LogP contribution in [0.1, 0.15) is 20.8 Å². The Hall–Kier alpha value is -1.31. The Balaban J connectivity index is 2.77. The molecule has 0 heterocycles. The van der Waals surface area contributed by atoms with Gasteiger partial charge in [0.1, 0.15) is 6.29 Å². The monoisotopic (exact) mass is 205 g/mol. The van der Waals surface area contributed by atoms with Gasteiger partial charge in [0.05, 0.1) is 0 Å². The average Bonchev–Trinajstić information content (AvgIpc) is 2.27. The van der Waals surface area contributed by atoms with E-state index in [2.05, 4.69) is 24.0 Å². The van der Waals surface area contributed by atoms with Crippen molar-refractivity contribution in [1.82, 2.24) is 0 Å². The predicted molar refractivity (Wildman–Crippen MR) is 64.2 cm³/mol. The second kappa shape index (κ2) is 4.96. The number of para-hydroxylation sites is 1. The molecule has 0 spiro atoms. The maximum atomic E-state index is 10.9. The third-order valence-corrected chi connectivity index (χ3v) is 2.42. The van der Waals surface area contributed by atoms with E-state index in [1.165, 1.54) is 5.69 Å². The van der Waals surface area contributed by atoms with Crippen molar-refractivity contribution in [3.63, 3.8) is 0 Å². The molecule has 0 aromatic heterocycles. The number of carbonyl (C=O) groups excluding carboxylic acids is 1. The van der Waals surface area contributed by atoms with Crippen molar-refractivity contribution in [3.05, 3.63) is 30.3 Å². The lowest BCUT2D eigenvalue weighted by Gasteiger charge is -2.29. The molecule has 2 heteroatoms. The van der Waals surface area contributed by atoms with E-state index in [4.69, 9.17) is 0 Å². The number of anilines is 1. The highest BCUT2D eigenvalue weighted by Crippen LogP contribution is 2.19. The van der Waals surface area contributed by atoms with E-state index >= 15 is 0 Å². The summed E-state index contributed by atoms with van der Waals surface area (Å²) in [4.78, 5) is 13.1. The van der Waals surface area contributed by atoms with E-state index in [0.29, 0.717) is 0 Å². The Labute approximate surface area is 91.9 Å². The molecule has 15 heavy (non-hydrogen) atoms. The molecule has 0 saturated carbocycles. The summed E-state index contributed by atoms with van der Waals surface area (Å²) in [5.74, 6) is 0. The second-order valence-electron chi connectivity index (χ2n) is 4.46. The maximum absolute atomic E-state index is 10.9. The topological polar surface area (TPSA) is 20.3 Å². The van der Waals surface area contributed by atoms with Crippen molar-refractivity contribution in [1.29, 1.82) is 0 Å². The average molecular weight is 205 g/mol. The molecule has 0 fully saturated rings. The molecule has 0 amide bonds. The largest absolute Gasteiger partial charge is 0.371 e. The standard InChI is InChI=1S/C13H19NO/c1-4-14(10-13(2,3)11-15)12-8-6-5-7-9-12/h5-9,11H,4,10H2,1-3H3. The minimum Gasteiger partial charge on any atom is -0.371 e. The van der Waals surface area contributed by atoms with Gasteiger partial charge in [0.15, 0.2) is 0 Å². The van der Waals surface area contributed by atoms with E-state index in [-0.39, 0.29) is 5.41 Å². The quantitative estimate of drug-likeness (QED) is 0.689. The maximum Gasteiger partial charge on any atom is 0.127 e. The minimum atomic E-state index is -0.286. The summed E-state index contributed by atoms with van der Waals surface area (Å²) in [6, 6.07) is 10.2. The number of hydrogen-bond donors (Lipinski definition) is 0. The number of rotatable bonds is 5. The molecule has 0 unspecified atom stereocenters. The molecule has 0 atom stereocenters. The zero-order valence-electron chi connectivity index (χ0n) is 9.73. The van der Waals surface area contributed by atoms with Crippen molar-refractivity contribution >= 4 is 12.0 Å². The molecule has 1 rings (SSSR count). The molecule has 0 N–H and O–H groups in total. The van der Waals surface area contributed by atoms with Gasteiger partial charge in [-0.25, -0.2) is 0 Å². The van der Waals surface area contributed by atoms with Gasteiger partial charge >= 0.3 is 0 Å². The Morgan fingerprint density at radius 2 is 1.87 bits per heavy atom. The molecule has 1 aromatic rings. The van der Waals surface area contributed by atoms with Crippen LogP contribution >= 0.6 is 0 Å². The Kier molecular flexibility index (Phi) is 3.89. The van der Waals surface area contributed by atoms with Gasteiger partial charge in [0.25, 0.3) is 0 Å². The summed E-state index contributed by atoms with van der Waals surface area (Å²) < 4.78 is 0. The first kappa shape index (κ1) is 11.8. The van der Waals surface area contributed by atoms with Gasteiger partial charge in [-0.15, -0.1) is 0 Å². The Morgan fingerprint density at radius 3 is 2.33 bits per heavy atom. The van der Waals surface area contributed by atoms with Gasteiger partial charge in [-0.3, -0.25) is 0 Å². The van der Waals surface area contributed by atoms with Crippen LogP contribution in [0.5, 0.6) is 0 Å². The highest BCUT2D eigenvalue weighted by molar-refractivity contribution is 5.60. The van der Waals surface area contributed by atoms with Gasteiger partial charge in [-0.1, -0.05) is 32.0 Å². The van der Waals surface area contributed by atoms with Crippen molar-refractivity contribution in [2.75, 3.05) is 18.0 Å². The molecule has 0 bridgehead atoms. The molecular weight excluding hydrogens is 186 g/mol. The fraction of sp³-hybridized carbons (Fsp3) is 0.462. The van der Waals surface area contributed by atoms with Gasteiger partial charge in [0, 0.05) is 24.2 Å². The number of aldehydes is 1. The van der Waals surface area contributed by atoms with Crippen LogP contribution in [0, 0.1) is 5.41 Å². The zero-order valence-corrected chi connectivity index (χ0v) is 9.73. The lowest BCUT2D eigenvalue weighted by Crippen LogP contribution is -2.35. The molecular formula is C13H19NO. The van der Waals surface area contributed by atoms with Gasteiger partial charge in [0.2, 0.25) is 0 Å². The van der Waals surface area contributed by atoms with Crippen LogP contribution in [-0.4, -0.2) is 19.4 Å². The van der Waals surface area contributed by atoms with E-state index in [9.17, 15) is 4.79 Å². The van der Waals surface area contributed by atoms with Crippen LogP contribution in [0.4, 0.5) is 5.69 Å². The summed E-state index contributed by atoms with van der Waals surface area (Å²) in [5, 5.41) is 0. The van der Waals surface area contributed by atoms with Crippen LogP contribution in [0.2, 0.25) is 0 Å². The molecule has 0 aliphatic heterocycles. The molecule has 0 radical (unpaired) electrons. The molecule has 1 aromatic carbocycles. The first-order chi connectivity index (χ1) is 7.09. The molecule has 0 aliphatic rings. The lowest BCUT2D eigenvalue weighted by atomic mass is 9.95. The highest BCUT2D eigenvalue weighted by Gasteiger charge is 2.20. The van der Waals surface area contributed by atoms with Gasteiger partial charge in [-0.05, 0) is 19.1 Å². The Bertz CT molecular complexity index is 306. The zero-order chi connectivity index (χ0) is 11.3. The molecule has 2 nitrogen and oxygen atoms in total. The number of carbonyl (C=O) groups is 1. The fourth-order valence-electron chi connectivity index (χ4n) is 1.55. The van der Waals surface area contributed by atoms with Crippen molar-refractivity contribution in [2.45, 2.75) is 20.8 Å². The van der Waals surface area contributed by atoms with Crippen molar-refractivity contribution in [2.24, 2.45) is 5.41 Å². The van der Waals surface area contributed by atoms with Crippen molar-refractivity contribution < 1.29 is 4.79 Å².